The molecule has 36 heavy (non-hydrogen) atoms. The van der Waals surface area contributed by atoms with Crippen molar-refractivity contribution in [2.75, 3.05) is 25.9 Å². The van der Waals surface area contributed by atoms with Gasteiger partial charge in [0, 0.05) is 17.9 Å². The van der Waals surface area contributed by atoms with E-state index in [1.807, 2.05) is 57.3 Å². The number of benzene rings is 2. The molecular formula is C29H37N5O2. The number of imidazole rings is 1. The Morgan fingerprint density at radius 3 is 2.69 bits per heavy atom. The maximum Gasteiger partial charge on any atom is 0.152 e. The zero-order chi connectivity index (χ0) is 25.3. The molecule has 0 spiro atoms. The van der Waals surface area contributed by atoms with Gasteiger partial charge in [-0.2, -0.15) is 0 Å². The first-order valence-electron chi connectivity index (χ1n) is 12.8. The van der Waals surface area contributed by atoms with Crippen molar-refractivity contribution in [3.05, 3.63) is 71.8 Å². The van der Waals surface area contributed by atoms with Crippen molar-refractivity contribution in [2.24, 2.45) is 0 Å². The first-order valence-corrected chi connectivity index (χ1v) is 12.8. The fraction of sp³-hybridized carbons (Fsp3) is 0.379. The molecule has 4 aromatic rings. The summed E-state index contributed by atoms with van der Waals surface area (Å²) in [5.74, 6) is 3.15. The maximum atomic E-state index is 6.44. The lowest BCUT2D eigenvalue weighted by Gasteiger charge is -2.13. The molecule has 2 aromatic heterocycles. The molecule has 4 rings (SSSR count). The van der Waals surface area contributed by atoms with Crippen LogP contribution < -0.4 is 15.8 Å². The molecule has 7 heteroatoms. The minimum atomic E-state index is 0.443. The molecule has 0 atom stereocenters. The number of hydrogen-bond donors (Lipinski definition) is 2. The highest BCUT2D eigenvalue weighted by Gasteiger charge is 2.18. The van der Waals surface area contributed by atoms with Crippen LogP contribution in [0.15, 0.2) is 60.4 Å². The smallest absolute Gasteiger partial charge is 0.152 e. The van der Waals surface area contributed by atoms with E-state index >= 15 is 0 Å². The molecule has 2 heterocycles. The molecule has 0 aliphatic rings. The van der Waals surface area contributed by atoms with Crippen LogP contribution in [-0.2, 0) is 24.3 Å². The summed E-state index contributed by atoms with van der Waals surface area (Å²) in [5, 5.41) is 4.23. The van der Waals surface area contributed by atoms with Gasteiger partial charge in [-0.1, -0.05) is 42.8 Å². The predicted octanol–water partition coefficient (Wildman–Crippen LogP) is 5.62. The van der Waals surface area contributed by atoms with Gasteiger partial charge < -0.3 is 25.1 Å². The van der Waals surface area contributed by atoms with Crippen LogP contribution in [0.1, 0.15) is 44.5 Å². The Morgan fingerprint density at radius 1 is 1.08 bits per heavy atom. The van der Waals surface area contributed by atoms with Crippen molar-refractivity contribution in [3.8, 4) is 5.75 Å². The molecule has 7 nitrogen and oxygen atoms in total. The van der Waals surface area contributed by atoms with Crippen LogP contribution in [0.5, 0.6) is 5.75 Å². The number of nitrogens with two attached hydrogens (primary N) is 1. The molecule has 0 radical (unpaired) electrons. The zero-order valence-electron chi connectivity index (χ0n) is 21.6. The lowest BCUT2D eigenvalue weighted by Crippen LogP contribution is -2.10. The van der Waals surface area contributed by atoms with E-state index in [9.17, 15) is 0 Å². The van der Waals surface area contributed by atoms with Gasteiger partial charge in [-0.25, -0.2) is 9.97 Å². The molecule has 0 amide bonds. The summed E-state index contributed by atoms with van der Waals surface area (Å²) < 4.78 is 14.2. The fourth-order valence-electron chi connectivity index (χ4n) is 4.34. The quantitative estimate of drug-likeness (QED) is 0.188. The Balaban J connectivity index is 1.65. The molecule has 0 aliphatic carbocycles. The highest BCUT2D eigenvalue weighted by atomic mass is 16.5. The molecule has 0 saturated carbocycles. The largest absolute Gasteiger partial charge is 0.497 e. The molecule has 0 fully saturated rings. The topological polar surface area (TPSA) is 87.2 Å². The summed E-state index contributed by atoms with van der Waals surface area (Å²) in [5.41, 5.74) is 10.1. The van der Waals surface area contributed by atoms with Crippen molar-refractivity contribution in [2.45, 2.75) is 52.7 Å². The van der Waals surface area contributed by atoms with Crippen molar-refractivity contribution in [1.29, 1.82) is 0 Å². The summed E-state index contributed by atoms with van der Waals surface area (Å²) in [6.07, 6.45) is 6.24. The van der Waals surface area contributed by atoms with Gasteiger partial charge >= 0.3 is 0 Å². The molecular weight excluding hydrogens is 450 g/mol. The number of rotatable bonds is 13. The Morgan fingerprint density at radius 2 is 1.92 bits per heavy atom. The van der Waals surface area contributed by atoms with Gasteiger partial charge in [0.15, 0.2) is 5.82 Å². The number of nitrogens with one attached hydrogen (secondary N) is 1. The first kappa shape index (κ1) is 25.5. The van der Waals surface area contributed by atoms with Crippen LogP contribution in [0.4, 0.5) is 5.82 Å². The molecule has 0 unspecified atom stereocenters. The van der Waals surface area contributed by atoms with Crippen LogP contribution in [0.2, 0.25) is 0 Å². The van der Waals surface area contributed by atoms with Crippen LogP contribution >= 0.6 is 0 Å². The first-order chi connectivity index (χ1) is 17.6. The molecule has 3 N–H and O–H groups in total. The van der Waals surface area contributed by atoms with E-state index in [1.54, 1.807) is 0 Å². The summed E-state index contributed by atoms with van der Waals surface area (Å²) in [7, 11) is 1.99. The van der Waals surface area contributed by atoms with Gasteiger partial charge in [0.2, 0.25) is 0 Å². The average molecular weight is 488 g/mol. The van der Waals surface area contributed by atoms with Crippen LogP contribution in [0.25, 0.3) is 21.9 Å². The van der Waals surface area contributed by atoms with Gasteiger partial charge in [0.25, 0.3) is 0 Å². The second kappa shape index (κ2) is 12.4. The SMILES string of the molecule is C/C=C(\C)OCCn1c(CCCCCNC)nc2c(N)nc3cc(OCc4ccccc4)ccc3c21. The number of nitrogen functional groups attached to an aromatic ring is 1. The summed E-state index contributed by atoms with van der Waals surface area (Å²) in [6.45, 7) is 6.75. The van der Waals surface area contributed by atoms with Crippen molar-refractivity contribution in [3.63, 3.8) is 0 Å². The van der Waals surface area contributed by atoms with Gasteiger partial charge in [0.1, 0.15) is 30.3 Å². The molecule has 0 saturated heterocycles. The lowest BCUT2D eigenvalue weighted by atomic mass is 10.1. The minimum absolute atomic E-state index is 0.443. The second-order valence-corrected chi connectivity index (χ2v) is 8.99. The fourth-order valence-corrected chi connectivity index (χ4v) is 4.34. The zero-order valence-corrected chi connectivity index (χ0v) is 21.6. The molecule has 0 bridgehead atoms. The minimum Gasteiger partial charge on any atom is -0.497 e. The van der Waals surface area contributed by atoms with E-state index in [0.717, 1.165) is 77.1 Å². The highest BCUT2D eigenvalue weighted by molar-refractivity contribution is 6.06. The number of aryl methyl sites for hydroxylation is 1. The third-order valence-corrected chi connectivity index (χ3v) is 6.38. The van der Waals surface area contributed by atoms with E-state index in [4.69, 9.17) is 20.2 Å². The predicted molar refractivity (Wildman–Crippen MR) is 147 cm³/mol. The van der Waals surface area contributed by atoms with Crippen molar-refractivity contribution < 1.29 is 9.47 Å². The Labute approximate surface area is 213 Å². The Bertz CT molecular complexity index is 1310. The number of aromatic nitrogens is 3. The van der Waals surface area contributed by atoms with E-state index in [2.05, 4.69) is 33.1 Å². The number of nitrogens with zero attached hydrogens (tertiary/aromatic N) is 3. The van der Waals surface area contributed by atoms with Crippen LogP contribution in [0, 0.1) is 0 Å². The number of hydrogen-bond acceptors (Lipinski definition) is 6. The van der Waals surface area contributed by atoms with Crippen LogP contribution in [0.3, 0.4) is 0 Å². The molecule has 190 valence electrons. The maximum absolute atomic E-state index is 6.44. The summed E-state index contributed by atoms with van der Waals surface area (Å²) in [6, 6.07) is 16.2. The Hall–Kier alpha value is -3.58. The number of fused-ring (bicyclic) bond motifs is 3. The van der Waals surface area contributed by atoms with Crippen molar-refractivity contribution >= 4 is 27.8 Å². The molecule has 2 aromatic carbocycles. The van der Waals surface area contributed by atoms with Gasteiger partial charge in [-0.3, -0.25) is 0 Å². The van der Waals surface area contributed by atoms with Crippen LogP contribution in [-0.4, -0.2) is 34.7 Å². The number of allylic oxidation sites excluding steroid dienone is 2. The average Bonchev–Trinajstić information content (AvgIpc) is 3.26. The van der Waals surface area contributed by atoms with E-state index < -0.39 is 0 Å². The van der Waals surface area contributed by atoms with E-state index in [0.29, 0.717) is 25.6 Å². The number of anilines is 1. The third-order valence-electron chi connectivity index (χ3n) is 6.38. The highest BCUT2D eigenvalue weighted by Crippen LogP contribution is 2.31. The third kappa shape index (κ3) is 6.15. The number of pyridine rings is 1. The normalized spacial score (nSPS) is 11.9. The Kier molecular flexibility index (Phi) is 8.79. The molecule has 0 aliphatic heterocycles. The van der Waals surface area contributed by atoms with E-state index in [1.165, 1.54) is 0 Å². The number of unbranched alkanes of at least 4 members (excludes halogenated alkanes) is 2. The second-order valence-electron chi connectivity index (χ2n) is 8.99. The summed E-state index contributed by atoms with van der Waals surface area (Å²) in [4.78, 5) is 9.64. The van der Waals surface area contributed by atoms with Gasteiger partial charge in [-0.05, 0) is 58.0 Å². The van der Waals surface area contributed by atoms with Gasteiger partial charge in [0.05, 0.1) is 23.3 Å². The standard InChI is InChI=1S/C29H37N5O2/c1-4-21(2)35-18-17-34-26(13-9-6-10-16-31-3)33-27-28(34)24-15-14-23(19-25(24)32-29(27)30)36-20-22-11-7-5-8-12-22/h4-5,7-8,11-12,14-15,19,31H,6,9-10,13,16-18,20H2,1-3H3,(H2,30,32)/b21-4+. The van der Waals surface area contributed by atoms with Gasteiger partial charge in [-0.15, -0.1) is 0 Å². The van der Waals surface area contributed by atoms with E-state index in [-0.39, 0.29) is 0 Å². The monoisotopic (exact) mass is 487 g/mol. The number of ether oxygens (including phenoxy) is 2. The van der Waals surface area contributed by atoms with Crippen molar-refractivity contribution in [1.82, 2.24) is 19.9 Å². The summed E-state index contributed by atoms with van der Waals surface area (Å²) >= 11 is 0. The lowest BCUT2D eigenvalue weighted by molar-refractivity contribution is 0.201.